The Kier molecular flexibility index (Phi) is 5.90. The van der Waals surface area contributed by atoms with Gasteiger partial charge in [-0.25, -0.2) is 0 Å². The van der Waals surface area contributed by atoms with E-state index in [-0.39, 0.29) is 5.54 Å². The van der Waals surface area contributed by atoms with Crippen LogP contribution in [-0.2, 0) is 0 Å². The molecule has 150 valence electrons. The van der Waals surface area contributed by atoms with Gasteiger partial charge < -0.3 is 14.4 Å². The van der Waals surface area contributed by atoms with Crippen molar-refractivity contribution in [1.29, 1.82) is 0 Å². The third kappa shape index (κ3) is 3.83. The summed E-state index contributed by atoms with van der Waals surface area (Å²) in [6.07, 6.45) is 2.94. The molecule has 2 aromatic rings. The molecular formula is C23H29ClN2O2. The number of nitrogens with zero attached hydrogens (tertiary/aromatic N) is 2. The van der Waals surface area contributed by atoms with Gasteiger partial charge in [-0.1, -0.05) is 18.5 Å². The van der Waals surface area contributed by atoms with Crippen molar-refractivity contribution in [1.82, 2.24) is 0 Å². The minimum Gasteiger partial charge on any atom is -0.496 e. The Morgan fingerprint density at radius 2 is 1.89 bits per heavy atom. The van der Waals surface area contributed by atoms with Crippen molar-refractivity contribution < 1.29 is 9.47 Å². The molecule has 1 heterocycles. The molecule has 0 radical (unpaired) electrons. The molecule has 0 saturated heterocycles. The predicted octanol–water partition coefficient (Wildman–Crippen LogP) is 6.22. The first-order chi connectivity index (χ1) is 13.3. The van der Waals surface area contributed by atoms with E-state index in [0.717, 1.165) is 24.3 Å². The number of halogens is 1. The highest BCUT2D eigenvalue weighted by molar-refractivity contribution is 6.30. The van der Waals surface area contributed by atoms with Crippen molar-refractivity contribution in [3.05, 3.63) is 46.5 Å². The van der Waals surface area contributed by atoms with Gasteiger partial charge in [0.15, 0.2) is 0 Å². The fraction of sp³-hybridized carbons (Fsp3) is 0.435. The SMILES string of the molecule is CCN1c2cc(OC)c(C=Nc3cc(Cl)ccc3OC)cc2C(C)CC1(C)C. The van der Waals surface area contributed by atoms with Crippen LogP contribution in [0.5, 0.6) is 11.5 Å². The van der Waals surface area contributed by atoms with Crippen molar-refractivity contribution in [2.45, 2.75) is 45.6 Å². The Bertz CT molecular complexity index is 892. The Morgan fingerprint density at radius 3 is 2.54 bits per heavy atom. The molecule has 1 unspecified atom stereocenters. The minimum absolute atomic E-state index is 0.121. The molecule has 0 aliphatic carbocycles. The van der Waals surface area contributed by atoms with Crippen LogP contribution in [0.2, 0.25) is 5.02 Å². The summed E-state index contributed by atoms with van der Waals surface area (Å²) in [5.41, 5.74) is 4.35. The van der Waals surface area contributed by atoms with E-state index in [1.165, 1.54) is 11.3 Å². The molecule has 2 aromatic carbocycles. The maximum atomic E-state index is 6.13. The molecule has 1 aliphatic heterocycles. The summed E-state index contributed by atoms with van der Waals surface area (Å²) in [5.74, 6) is 1.96. The van der Waals surface area contributed by atoms with Crippen LogP contribution in [0.15, 0.2) is 35.3 Å². The van der Waals surface area contributed by atoms with Crippen LogP contribution in [0.1, 0.15) is 51.2 Å². The molecule has 3 rings (SSSR count). The summed E-state index contributed by atoms with van der Waals surface area (Å²) >= 11 is 6.13. The van der Waals surface area contributed by atoms with Crippen molar-refractivity contribution in [3.63, 3.8) is 0 Å². The van der Waals surface area contributed by atoms with Gasteiger partial charge in [-0.05, 0) is 62.9 Å². The summed E-state index contributed by atoms with van der Waals surface area (Å²) in [6.45, 7) is 10.1. The lowest BCUT2D eigenvalue weighted by Crippen LogP contribution is -2.48. The largest absolute Gasteiger partial charge is 0.496 e. The van der Waals surface area contributed by atoms with Crippen molar-refractivity contribution in [2.24, 2.45) is 4.99 Å². The molecular weight excluding hydrogens is 372 g/mol. The van der Waals surface area contributed by atoms with Gasteiger partial charge in [0, 0.05) is 40.6 Å². The number of anilines is 1. The summed E-state index contributed by atoms with van der Waals surface area (Å²) in [5, 5.41) is 0.625. The third-order valence-electron chi connectivity index (χ3n) is 5.54. The predicted molar refractivity (Wildman–Crippen MR) is 118 cm³/mol. The molecule has 0 spiro atoms. The fourth-order valence-corrected chi connectivity index (χ4v) is 4.47. The summed E-state index contributed by atoms with van der Waals surface area (Å²) in [4.78, 5) is 7.09. The van der Waals surface area contributed by atoms with Gasteiger partial charge in [0.25, 0.3) is 0 Å². The Morgan fingerprint density at radius 1 is 1.18 bits per heavy atom. The molecule has 0 aromatic heterocycles. The molecule has 1 atom stereocenters. The van der Waals surface area contributed by atoms with Crippen LogP contribution >= 0.6 is 11.6 Å². The van der Waals surface area contributed by atoms with Gasteiger partial charge in [0.05, 0.1) is 14.2 Å². The van der Waals surface area contributed by atoms with Gasteiger partial charge in [0.2, 0.25) is 0 Å². The van der Waals surface area contributed by atoms with Gasteiger partial charge in [-0.15, -0.1) is 0 Å². The summed E-state index contributed by atoms with van der Waals surface area (Å²) < 4.78 is 11.1. The monoisotopic (exact) mass is 400 g/mol. The lowest BCUT2D eigenvalue weighted by Gasteiger charge is -2.47. The molecule has 0 N–H and O–H groups in total. The molecule has 0 fully saturated rings. The first kappa shape index (κ1) is 20.5. The molecule has 0 saturated carbocycles. The second kappa shape index (κ2) is 8.04. The van der Waals surface area contributed by atoms with Crippen LogP contribution in [-0.4, -0.2) is 32.5 Å². The zero-order valence-corrected chi connectivity index (χ0v) is 18.3. The smallest absolute Gasteiger partial charge is 0.144 e. The van der Waals surface area contributed by atoms with Crippen molar-refractivity contribution in [2.75, 3.05) is 25.7 Å². The van der Waals surface area contributed by atoms with Gasteiger partial charge in [-0.2, -0.15) is 0 Å². The maximum Gasteiger partial charge on any atom is 0.144 e. The Hall–Kier alpha value is -2.20. The number of hydrogen-bond donors (Lipinski definition) is 0. The van der Waals surface area contributed by atoms with E-state index < -0.39 is 0 Å². The van der Waals surface area contributed by atoms with Crippen molar-refractivity contribution in [3.8, 4) is 11.5 Å². The molecule has 5 heteroatoms. The lowest BCUT2D eigenvalue weighted by atomic mass is 9.79. The number of methoxy groups -OCH3 is 2. The quantitative estimate of drug-likeness (QED) is 0.558. The Balaban J connectivity index is 2.07. The molecule has 0 bridgehead atoms. The fourth-order valence-electron chi connectivity index (χ4n) is 4.31. The molecule has 0 amide bonds. The van der Waals surface area contributed by atoms with E-state index in [1.807, 2.05) is 12.3 Å². The first-order valence-electron chi connectivity index (χ1n) is 9.68. The number of aliphatic imine (C=N–C) groups is 1. The number of benzene rings is 2. The number of ether oxygens (including phenoxy) is 2. The highest BCUT2D eigenvalue weighted by Crippen LogP contribution is 2.45. The van der Waals surface area contributed by atoms with Crippen molar-refractivity contribution >= 4 is 29.2 Å². The molecule has 28 heavy (non-hydrogen) atoms. The number of fused-ring (bicyclic) bond motifs is 1. The van der Waals surface area contributed by atoms with Crippen LogP contribution in [0.25, 0.3) is 0 Å². The first-order valence-corrected chi connectivity index (χ1v) is 10.1. The highest BCUT2D eigenvalue weighted by Gasteiger charge is 2.36. The number of rotatable bonds is 5. The normalized spacial score (nSPS) is 18.2. The third-order valence-corrected chi connectivity index (χ3v) is 5.77. The maximum absolute atomic E-state index is 6.13. The average Bonchev–Trinajstić information content (AvgIpc) is 2.65. The van der Waals surface area contributed by atoms with E-state index in [4.69, 9.17) is 21.1 Å². The van der Waals surface area contributed by atoms with E-state index >= 15 is 0 Å². The molecule has 1 aliphatic rings. The minimum atomic E-state index is 0.121. The van der Waals surface area contributed by atoms with E-state index in [9.17, 15) is 0 Å². The second-order valence-electron chi connectivity index (χ2n) is 7.89. The second-order valence-corrected chi connectivity index (χ2v) is 8.33. The van der Waals surface area contributed by atoms with Gasteiger partial charge in [0.1, 0.15) is 17.2 Å². The van der Waals surface area contributed by atoms with Crippen LogP contribution in [0.3, 0.4) is 0 Å². The zero-order chi connectivity index (χ0) is 20.5. The van der Waals surface area contributed by atoms with Gasteiger partial charge in [-0.3, -0.25) is 4.99 Å². The average molecular weight is 401 g/mol. The van der Waals surface area contributed by atoms with Crippen LogP contribution in [0.4, 0.5) is 11.4 Å². The van der Waals surface area contributed by atoms with Gasteiger partial charge >= 0.3 is 0 Å². The van der Waals surface area contributed by atoms with E-state index in [2.05, 4.69) is 49.7 Å². The van der Waals surface area contributed by atoms with Crippen LogP contribution in [0, 0.1) is 0 Å². The van der Waals surface area contributed by atoms with Crippen LogP contribution < -0.4 is 14.4 Å². The molecule has 4 nitrogen and oxygen atoms in total. The topological polar surface area (TPSA) is 34.1 Å². The van der Waals surface area contributed by atoms with E-state index in [0.29, 0.717) is 22.4 Å². The standard InChI is InChI=1S/C23H29ClN2O2/c1-7-26-20-12-22(28-6)16(10-18(20)15(2)13-23(26,3)4)14-25-19-11-17(24)8-9-21(19)27-5/h8-12,14-15H,7,13H2,1-6H3. The number of hydrogen-bond acceptors (Lipinski definition) is 4. The summed E-state index contributed by atoms with van der Waals surface area (Å²) in [7, 11) is 3.33. The highest BCUT2D eigenvalue weighted by atomic mass is 35.5. The lowest BCUT2D eigenvalue weighted by molar-refractivity contribution is 0.377. The van der Waals surface area contributed by atoms with E-state index in [1.54, 1.807) is 26.4 Å². The Labute approximate surface area is 173 Å². The summed E-state index contributed by atoms with van der Waals surface area (Å²) in [6, 6.07) is 9.76. The zero-order valence-electron chi connectivity index (χ0n) is 17.5.